The van der Waals surface area contributed by atoms with Gasteiger partial charge < -0.3 is 114 Å². The lowest BCUT2D eigenvalue weighted by Gasteiger charge is -2.09. The summed E-state index contributed by atoms with van der Waals surface area (Å²) < 4.78 is 126. The van der Waals surface area contributed by atoms with Gasteiger partial charge in [0.2, 0.25) is 5.91 Å². The first-order valence-electron chi connectivity index (χ1n) is 32.9. The molecule has 0 aromatic carbocycles. The summed E-state index contributed by atoms with van der Waals surface area (Å²) in [6.07, 6.45) is 13.3. The van der Waals surface area contributed by atoms with E-state index in [2.05, 4.69) is 22.3 Å². The minimum atomic E-state index is 0.108. The van der Waals surface area contributed by atoms with Crippen molar-refractivity contribution in [2.45, 2.75) is 77.6 Å². The van der Waals surface area contributed by atoms with Gasteiger partial charge in [-0.2, -0.15) is 0 Å². The molecule has 0 saturated heterocycles. The Bertz CT molecular complexity index is 1360. The number of azide groups is 1. The Morgan fingerprint density at radius 2 is 0.427 bits per heavy atom. The highest BCUT2D eigenvalue weighted by molar-refractivity contribution is 5.75. The van der Waals surface area contributed by atoms with E-state index in [4.69, 9.17) is 114 Å². The van der Waals surface area contributed by atoms with E-state index in [1.807, 2.05) is 0 Å². The molecule has 0 unspecified atom stereocenters. The normalized spacial score (nSPS) is 11.6. The third kappa shape index (κ3) is 83.8. The number of ether oxygens (including phenoxy) is 23. The molecular formula is C61H122N4O24. The molecule has 0 radical (unpaired) electrons. The van der Waals surface area contributed by atoms with E-state index in [-0.39, 0.29) is 5.91 Å². The molecule has 530 valence electrons. The number of nitrogens with zero attached hydrogens (tertiary/aromatic N) is 3. The Morgan fingerprint density at radius 3 is 0.618 bits per heavy atom. The van der Waals surface area contributed by atoms with E-state index in [1.54, 1.807) is 0 Å². The molecule has 0 aliphatic heterocycles. The molecule has 0 aromatic rings. The van der Waals surface area contributed by atoms with Gasteiger partial charge in [0.25, 0.3) is 0 Å². The average molecular weight is 1300 g/mol. The van der Waals surface area contributed by atoms with Crippen LogP contribution in [0.25, 0.3) is 10.4 Å². The van der Waals surface area contributed by atoms with Gasteiger partial charge in [-0.3, -0.25) is 4.79 Å². The van der Waals surface area contributed by atoms with Gasteiger partial charge in [-0.05, 0) is 12.0 Å². The van der Waals surface area contributed by atoms with Gasteiger partial charge in [0.05, 0.1) is 304 Å². The maximum absolute atomic E-state index is 12.0. The molecule has 0 spiro atoms. The molecule has 1 amide bonds. The van der Waals surface area contributed by atoms with Crippen LogP contribution in [-0.2, 0) is 114 Å². The molecule has 0 aromatic heterocycles. The van der Waals surface area contributed by atoms with Crippen LogP contribution in [0.3, 0.4) is 0 Å². The fourth-order valence-corrected chi connectivity index (χ4v) is 7.21. The molecule has 1 N–H and O–H groups in total. The molecule has 0 bridgehead atoms. The zero-order chi connectivity index (χ0) is 63.7. The number of carbonyl (C=O) groups is 1. The van der Waals surface area contributed by atoms with Crippen LogP contribution >= 0.6 is 0 Å². The second-order valence-corrected chi connectivity index (χ2v) is 19.3. The number of hydrogen-bond donors (Lipinski definition) is 1. The summed E-state index contributed by atoms with van der Waals surface area (Å²) in [5.41, 5.74) is 8.18. The molecule has 0 heterocycles. The number of nitrogens with one attached hydrogen (secondary N) is 1. The summed E-state index contributed by atoms with van der Waals surface area (Å²) in [5, 5.41) is 6.31. The van der Waals surface area contributed by atoms with Crippen molar-refractivity contribution in [1.29, 1.82) is 0 Å². The minimum absolute atomic E-state index is 0.108. The Morgan fingerprint density at radius 1 is 0.258 bits per heavy atom. The van der Waals surface area contributed by atoms with E-state index in [0.717, 1.165) is 12.8 Å². The first-order valence-corrected chi connectivity index (χ1v) is 32.9. The monoisotopic (exact) mass is 1290 g/mol. The van der Waals surface area contributed by atoms with Crippen LogP contribution < -0.4 is 5.32 Å². The first-order chi connectivity index (χ1) is 44.3. The standard InChI is InChI=1S/C61H122N4O24/c1-2-3-4-5-6-7-8-9-10-11-12-61(66)63-13-15-67-17-19-69-21-23-71-25-27-73-29-31-75-33-35-77-37-39-79-41-43-81-45-47-83-49-51-85-53-55-87-57-59-89-60-58-88-56-54-86-52-50-84-48-46-82-44-42-80-40-38-78-36-34-76-32-30-74-28-26-72-24-22-70-20-18-68-16-14-64-65-62/h2-60H2,1H3,(H,63,66). The maximum atomic E-state index is 12.0. The minimum Gasteiger partial charge on any atom is -0.379 e. The van der Waals surface area contributed by atoms with Crippen LogP contribution in [0.1, 0.15) is 77.6 Å². The molecule has 0 fully saturated rings. The van der Waals surface area contributed by atoms with Crippen molar-refractivity contribution >= 4 is 5.91 Å². The van der Waals surface area contributed by atoms with Gasteiger partial charge in [0.1, 0.15) is 0 Å². The summed E-state index contributed by atoms with van der Waals surface area (Å²) in [7, 11) is 0. The largest absolute Gasteiger partial charge is 0.379 e. The Labute approximate surface area is 533 Å². The summed E-state index contributed by atoms with van der Waals surface area (Å²) in [5.74, 6) is 0.108. The highest BCUT2D eigenvalue weighted by atomic mass is 16.6. The quantitative estimate of drug-likeness (QED) is 0.0358. The van der Waals surface area contributed by atoms with Crippen molar-refractivity contribution < 1.29 is 114 Å². The Kier molecular flexibility index (Phi) is 81.9. The summed E-state index contributed by atoms with van der Waals surface area (Å²) in [4.78, 5) is 14.6. The number of hydrogen-bond acceptors (Lipinski definition) is 25. The third-order valence-corrected chi connectivity index (χ3v) is 11.9. The van der Waals surface area contributed by atoms with Crippen molar-refractivity contribution in [3.63, 3.8) is 0 Å². The van der Waals surface area contributed by atoms with Gasteiger partial charge in [-0.15, -0.1) is 0 Å². The van der Waals surface area contributed by atoms with Crippen molar-refractivity contribution in [3.05, 3.63) is 10.4 Å². The zero-order valence-corrected chi connectivity index (χ0v) is 54.9. The second-order valence-electron chi connectivity index (χ2n) is 19.3. The predicted octanol–water partition coefficient (Wildman–Crippen LogP) is 5.11. The fraction of sp³-hybridized carbons (Fsp3) is 0.984. The van der Waals surface area contributed by atoms with E-state index < -0.39 is 0 Å². The van der Waals surface area contributed by atoms with Crippen LogP contribution in [0, 0.1) is 0 Å². The summed E-state index contributed by atoms with van der Waals surface area (Å²) in [6.45, 7) is 25.2. The number of rotatable bonds is 83. The second kappa shape index (κ2) is 83.9. The van der Waals surface area contributed by atoms with E-state index >= 15 is 0 Å². The summed E-state index contributed by atoms with van der Waals surface area (Å²) >= 11 is 0. The van der Waals surface area contributed by atoms with Gasteiger partial charge in [0.15, 0.2) is 0 Å². The van der Waals surface area contributed by atoms with Crippen molar-refractivity contribution in [3.8, 4) is 0 Å². The predicted molar refractivity (Wildman–Crippen MR) is 332 cm³/mol. The Balaban J connectivity index is 3.11. The molecule has 0 saturated carbocycles. The van der Waals surface area contributed by atoms with Crippen LogP contribution in [0.2, 0.25) is 0 Å². The van der Waals surface area contributed by atoms with Crippen LogP contribution in [-0.4, -0.2) is 323 Å². The van der Waals surface area contributed by atoms with Gasteiger partial charge in [-0.25, -0.2) is 0 Å². The number of carbonyl (C=O) groups excluding carboxylic acids is 1. The van der Waals surface area contributed by atoms with E-state index in [9.17, 15) is 4.79 Å². The number of amides is 1. The SMILES string of the molecule is CCCCCCCCCCCCC(=O)NCCOCCOCCOCCOCCOCCOCCOCCOCCOCCOCCOCCOCCOCCOCCOCCOCCOCCOCCOCCOCCOCCOCCOCCN=[N+]=[N-]. The summed E-state index contributed by atoms with van der Waals surface area (Å²) in [6, 6.07) is 0. The van der Waals surface area contributed by atoms with E-state index in [0.29, 0.717) is 323 Å². The molecule has 0 aliphatic rings. The Hall–Kier alpha value is -2.14. The van der Waals surface area contributed by atoms with Gasteiger partial charge in [-0.1, -0.05) is 69.8 Å². The van der Waals surface area contributed by atoms with Crippen LogP contribution in [0.5, 0.6) is 0 Å². The molecule has 89 heavy (non-hydrogen) atoms. The third-order valence-electron chi connectivity index (χ3n) is 11.9. The molecular weight excluding hydrogens is 1170 g/mol. The topological polar surface area (TPSA) is 290 Å². The molecule has 0 aliphatic carbocycles. The first kappa shape index (κ1) is 86.9. The molecule has 0 atom stereocenters. The van der Waals surface area contributed by atoms with Gasteiger partial charge in [0, 0.05) is 24.4 Å². The lowest BCUT2D eigenvalue weighted by atomic mass is 10.1. The van der Waals surface area contributed by atoms with Crippen molar-refractivity contribution in [2.75, 3.05) is 317 Å². The molecule has 0 rings (SSSR count). The lowest BCUT2D eigenvalue weighted by Crippen LogP contribution is -2.27. The molecule has 28 nitrogen and oxygen atoms in total. The maximum Gasteiger partial charge on any atom is 0.220 e. The lowest BCUT2D eigenvalue weighted by molar-refractivity contribution is -0.121. The smallest absolute Gasteiger partial charge is 0.220 e. The average Bonchev–Trinajstić information content (AvgIpc) is 3.54. The van der Waals surface area contributed by atoms with Crippen molar-refractivity contribution in [2.24, 2.45) is 5.11 Å². The van der Waals surface area contributed by atoms with Crippen molar-refractivity contribution in [1.82, 2.24) is 5.32 Å². The fourth-order valence-electron chi connectivity index (χ4n) is 7.21. The molecule has 28 heteroatoms. The number of unbranched alkanes of at least 4 members (excludes halogenated alkanes) is 9. The van der Waals surface area contributed by atoms with E-state index in [1.165, 1.54) is 51.4 Å². The zero-order valence-electron chi connectivity index (χ0n) is 54.9. The van der Waals surface area contributed by atoms with Gasteiger partial charge >= 0.3 is 0 Å². The highest BCUT2D eigenvalue weighted by Gasteiger charge is 2.03. The van der Waals surface area contributed by atoms with Crippen LogP contribution in [0.4, 0.5) is 0 Å². The highest BCUT2D eigenvalue weighted by Crippen LogP contribution is 2.11. The van der Waals surface area contributed by atoms with Crippen LogP contribution in [0.15, 0.2) is 5.11 Å².